The smallest absolute Gasteiger partial charge is 0.256 e. The summed E-state index contributed by atoms with van der Waals surface area (Å²) in [6.07, 6.45) is 5.63. The number of rotatable bonds is 8. The van der Waals surface area contributed by atoms with Crippen LogP contribution in [0.4, 0.5) is 0 Å². The van der Waals surface area contributed by atoms with Gasteiger partial charge in [-0.25, -0.2) is 4.68 Å². The first kappa shape index (κ1) is 23.9. The van der Waals surface area contributed by atoms with Crippen LogP contribution < -0.4 is 10.1 Å². The van der Waals surface area contributed by atoms with Gasteiger partial charge >= 0.3 is 0 Å². The largest absolute Gasteiger partial charge is 0.497 e. The van der Waals surface area contributed by atoms with Crippen LogP contribution in [0, 0.1) is 0 Å². The number of carbonyl (C=O) groups excluding carboxylic acids is 1. The Morgan fingerprint density at radius 2 is 1.67 bits per heavy atom. The Bertz CT molecular complexity index is 1320. The molecule has 36 heavy (non-hydrogen) atoms. The molecule has 0 unspecified atom stereocenters. The molecule has 1 aliphatic carbocycles. The van der Waals surface area contributed by atoms with Gasteiger partial charge in [-0.15, -0.1) is 0 Å². The first-order valence-electron chi connectivity index (χ1n) is 12.8. The number of hydrogen-bond acceptors (Lipinski definition) is 3. The molecule has 184 valence electrons. The Morgan fingerprint density at radius 1 is 0.972 bits per heavy atom. The summed E-state index contributed by atoms with van der Waals surface area (Å²) in [6, 6.07) is 28.2. The number of amides is 1. The number of carbonyl (C=O) groups is 1. The predicted molar refractivity (Wildman–Crippen MR) is 144 cm³/mol. The van der Waals surface area contributed by atoms with Crippen LogP contribution in [0.5, 0.6) is 5.75 Å². The van der Waals surface area contributed by atoms with Crippen LogP contribution in [0.15, 0.2) is 84.9 Å². The van der Waals surface area contributed by atoms with Crippen molar-refractivity contribution in [1.29, 1.82) is 0 Å². The fourth-order valence-electron chi connectivity index (χ4n) is 5.41. The highest BCUT2D eigenvalue weighted by Crippen LogP contribution is 2.41. The molecule has 5 nitrogen and oxygen atoms in total. The molecule has 1 heterocycles. The quantitative estimate of drug-likeness (QED) is 0.306. The molecule has 0 spiro atoms. The topological polar surface area (TPSA) is 56.1 Å². The lowest BCUT2D eigenvalue weighted by Gasteiger charge is -2.31. The molecule has 0 saturated heterocycles. The maximum absolute atomic E-state index is 14.3. The molecule has 0 atom stereocenters. The molecule has 5 rings (SSSR count). The fourth-order valence-corrected chi connectivity index (χ4v) is 5.41. The number of ether oxygens (including phenoxy) is 1. The summed E-state index contributed by atoms with van der Waals surface area (Å²) in [7, 11) is 1.68. The summed E-state index contributed by atoms with van der Waals surface area (Å²) >= 11 is 0. The first-order valence-corrected chi connectivity index (χ1v) is 12.8. The van der Waals surface area contributed by atoms with E-state index in [4.69, 9.17) is 9.84 Å². The molecule has 4 aromatic rings. The number of benzene rings is 3. The van der Waals surface area contributed by atoms with E-state index in [2.05, 4.69) is 24.4 Å². The minimum absolute atomic E-state index is 0.0656. The fraction of sp³-hybridized carbons (Fsp3) is 0.290. The summed E-state index contributed by atoms with van der Waals surface area (Å²) in [4.78, 5) is 14.3. The van der Waals surface area contributed by atoms with Crippen LogP contribution in [-0.4, -0.2) is 22.8 Å². The normalized spacial score (nSPS) is 14.5. The molecule has 0 bridgehead atoms. The highest BCUT2D eigenvalue weighted by atomic mass is 16.5. The van der Waals surface area contributed by atoms with Crippen molar-refractivity contribution in [2.24, 2.45) is 0 Å². The van der Waals surface area contributed by atoms with E-state index in [1.54, 1.807) is 7.11 Å². The van der Waals surface area contributed by atoms with E-state index < -0.39 is 5.54 Å². The van der Waals surface area contributed by atoms with Crippen molar-refractivity contribution in [2.75, 3.05) is 7.11 Å². The summed E-state index contributed by atoms with van der Waals surface area (Å²) in [6.45, 7) is 2.14. The van der Waals surface area contributed by atoms with Crippen molar-refractivity contribution >= 4 is 5.91 Å². The summed E-state index contributed by atoms with van der Waals surface area (Å²) in [5.41, 5.74) is 4.91. The first-order chi connectivity index (χ1) is 17.6. The van der Waals surface area contributed by atoms with Gasteiger partial charge in [0.05, 0.1) is 29.6 Å². The molecular formula is C31H33N3O2. The number of para-hydroxylation sites is 1. The van der Waals surface area contributed by atoms with Crippen LogP contribution in [0.3, 0.4) is 0 Å². The van der Waals surface area contributed by atoms with Gasteiger partial charge in [-0.05, 0) is 49.1 Å². The summed E-state index contributed by atoms with van der Waals surface area (Å²) < 4.78 is 7.46. The van der Waals surface area contributed by atoms with E-state index in [0.717, 1.165) is 72.5 Å². The highest BCUT2D eigenvalue weighted by Gasteiger charge is 2.39. The standard InChI is InChI=1S/C31H33N3O2/c1-3-13-27-28(29(23-14-6-4-7-15-23)33-34(27)25-17-8-5-9-18-25)30(35)32-31(20-10-11-21-31)24-16-12-19-26(22-24)36-2/h4-9,12,14-19,22H,3,10-11,13,20-21H2,1-2H3,(H,32,35). The van der Waals surface area contributed by atoms with E-state index in [1.807, 2.05) is 77.5 Å². The van der Waals surface area contributed by atoms with Gasteiger partial charge in [-0.2, -0.15) is 5.10 Å². The lowest BCUT2D eigenvalue weighted by Crippen LogP contribution is -2.44. The molecule has 1 saturated carbocycles. The second kappa shape index (κ2) is 10.4. The van der Waals surface area contributed by atoms with Gasteiger partial charge in [0, 0.05) is 5.56 Å². The average molecular weight is 480 g/mol. The Labute approximate surface area is 213 Å². The van der Waals surface area contributed by atoms with Gasteiger partial charge < -0.3 is 10.1 Å². The van der Waals surface area contributed by atoms with Crippen LogP contribution in [0.25, 0.3) is 16.9 Å². The van der Waals surface area contributed by atoms with Crippen LogP contribution in [0.2, 0.25) is 0 Å². The minimum Gasteiger partial charge on any atom is -0.497 e. The molecule has 1 fully saturated rings. The number of aromatic nitrogens is 2. The predicted octanol–water partition coefficient (Wildman–Crippen LogP) is 6.70. The van der Waals surface area contributed by atoms with Crippen LogP contribution in [0.1, 0.15) is 60.6 Å². The Hall–Kier alpha value is -3.86. The molecule has 1 aliphatic rings. The molecule has 1 aromatic heterocycles. The number of methoxy groups -OCH3 is 1. The summed E-state index contributed by atoms with van der Waals surface area (Å²) in [5.74, 6) is 0.741. The van der Waals surface area contributed by atoms with Gasteiger partial charge in [-0.3, -0.25) is 4.79 Å². The lowest BCUT2D eigenvalue weighted by atomic mass is 9.87. The highest BCUT2D eigenvalue weighted by molar-refractivity contribution is 6.02. The van der Waals surface area contributed by atoms with Crippen LogP contribution in [-0.2, 0) is 12.0 Å². The SMILES string of the molecule is CCCc1c(C(=O)NC2(c3cccc(OC)c3)CCCC2)c(-c2ccccc2)nn1-c1ccccc1. The Balaban J connectivity index is 1.64. The summed E-state index contributed by atoms with van der Waals surface area (Å²) in [5, 5.41) is 8.53. The maximum atomic E-state index is 14.3. The molecule has 0 radical (unpaired) electrons. The Kier molecular flexibility index (Phi) is 6.90. The van der Waals surface area contributed by atoms with E-state index in [-0.39, 0.29) is 5.91 Å². The van der Waals surface area contributed by atoms with Crippen molar-refractivity contribution < 1.29 is 9.53 Å². The van der Waals surface area contributed by atoms with Crippen molar-refractivity contribution in [3.8, 4) is 22.7 Å². The second-order valence-electron chi connectivity index (χ2n) is 9.51. The Morgan fingerprint density at radius 3 is 2.33 bits per heavy atom. The third-order valence-electron chi connectivity index (χ3n) is 7.18. The number of nitrogens with zero attached hydrogens (tertiary/aromatic N) is 2. The van der Waals surface area contributed by atoms with Crippen molar-refractivity contribution in [3.05, 3.63) is 102 Å². The van der Waals surface area contributed by atoms with Gasteiger partial charge in [0.25, 0.3) is 5.91 Å². The minimum atomic E-state index is -0.419. The van der Waals surface area contributed by atoms with Gasteiger partial charge in [0.2, 0.25) is 0 Å². The molecule has 0 aliphatic heterocycles. The second-order valence-corrected chi connectivity index (χ2v) is 9.51. The van der Waals surface area contributed by atoms with E-state index in [0.29, 0.717) is 5.56 Å². The van der Waals surface area contributed by atoms with Crippen molar-refractivity contribution in [1.82, 2.24) is 15.1 Å². The maximum Gasteiger partial charge on any atom is 0.256 e. The van der Waals surface area contributed by atoms with Gasteiger partial charge in [0.1, 0.15) is 11.4 Å². The van der Waals surface area contributed by atoms with Gasteiger partial charge in [0.15, 0.2) is 0 Å². The van der Waals surface area contributed by atoms with E-state index in [1.165, 1.54) is 0 Å². The van der Waals surface area contributed by atoms with E-state index in [9.17, 15) is 4.79 Å². The third kappa shape index (κ3) is 4.53. The molecule has 3 aromatic carbocycles. The molecule has 1 N–H and O–H groups in total. The van der Waals surface area contributed by atoms with Crippen LogP contribution >= 0.6 is 0 Å². The average Bonchev–Trinajstić information content (AvgIpc) is 3.56. The third-order valence-corrected chi connectivity index (χ3v) is 7.18. The number of hydrogen-bond donors (Lipinski definition) is 1. The zero-order valence-electron chi connectivity index (χ0n) is 21.0. The van der Waals surface area contributed by atoms with Gasteiger partial charge in [-0.1, -0.05) is 86.8 Å². The zero-order chi connectivity index (χ0) is 25.0. The zero-order valence-corrected chi connectivity index (χ0v) is 21.0. The monoisotopic (exact) mass is 479 g/mol. The van der Waals surface area contributed by atoms with Crippen molar-refractivity contribution in [3.63, 3.8) is 0 Å². The molecular weight excluding hydrogens is 446 g/mol. The molecule has 5 heteroatoms. The van der Waals surface area contributed by atoms with E-state index >= 15 is 0 Å². The van der Waals surface area contributed by atoms with Crippen molar-refractivity contribution in [2.45, 2.75) is 51.0 Å². The number of nitrogens with one attached hydrogen (secondary N) is 1. The molecule has 1 amide bonds. The lowest BCUT2D eigenvalue weighted by molar-refractivity contribution is 0.0897.